The Morgan fingerprint density at radius 1 is 1.24 bits per heavy atom. The Balaban J connectivity index is 1.18. The molecule has 11 heteroatoms. The number of rotatable bonds is 6. The molecular formula is C23H28F3N5O3. The van der Waals surface area contributed by atoms with E-state index in [-0.39, 0.29) is 18.2 Å². The van der Waals surface area contributed by atoms with Crippen molar-refractivity contribution in [2.75, 3.05) is 19.6 Å². The van der Waals surface area contributed by atoms with Crippen LogP contribution in [-0.2, 0) is 23.6 Å². The summed E-state index contributed by atoms with van der Waals surface area (Å²) in [6.07, 6.45) is 1.87. The molecule has 1 aromatic heterocycles. The van der Waals surface area contributed by atoms with Crippen LogP contribution in [-0.4, -0.2) is 63.1 Å². The van der Waals surface area contributed by atoms with Crippen molar-refractivity contribution in [1.82, 2.24) is 25.1 Å². The molecule has 0 atom stereocenters. The van der Waals surface area contributed by atoms with Crippen molar-refractivity contribution >= 4 is 11.8 Å². The van der Waals surface area contributed by atoms with E-state index in [4.69, 9.17) is 0 Å². The predicted molar refractivity (Wildman–Crippen MR) is 117 cm³/mol. The first kappa shape index (κ1) is 24.2. The van der Waals surface area contributed by atoms with Gasteiger partial charge in [0, 0.05) is 44.1 Å². The molecule has 2 aliphatic rings. The minimum atomic E-state index is -4.54. The minimum Gasteiger partial charge on any atom is -0.382 e. The number of nitrogens with one attached hydrogen (secondary N) is 2. The first-order valence-corrected chi connectivity index (χ1v) is 11.2. The first-order valence-electron chi connectivity index (χ1n) is 11.2. The van der Waals surface area contributed by atoms with E-state index in [9.17, 15) is 27.9 Å². The van der Waals surface area contributed by atoms with Crippen molar-refractivity contribution in [3.8, 4) is 0 Å². The second-order valence-electron chi connectivity index (χ2n) is 9.10. The fraction of sp³-hybridized carbons (Fsp3) is 0.522. The average molecular weight is 480 g/mol. The second-order valence-corrected chi connectivity index (χ2v) is 9.10. The van der Waals surface area contributed by atoms with E-state index < -0.39 is 29.2 Å². The van der Waals surface area contributed by atoms with Crippen LogP contribution in [0.25, 0.3) is 0 Å². The average Bonchev–Trinajstić information content (AvgIpc) is 3.21. The van der Waals surface area contributed by atoms with Gasteiger partial charge in [-0.15, -0.1) is 0 Å². The number of benzene rings is 1. The van der Waals surface area contributed by atoms with Crippen LogP contribution in [0.1, 0.15) is 47.4 Å². The van der Waals surface area contributed by atoms with Crippen LogP contribution in [0.15, 0.2) is 36.7 Å². The van der Waals surface area contributed by atoms with Crippen LogP contribution in [0, 0.1) is 0 Å². The molecule has 3 N–H and O–H groups in total. The van der Waals surface area contributed by atoms with E-state index >= 15 is 0 Å². The molecule has 0 bridgehead atoms. The zero-order valence-electron chi connectivity index (χ0n) is 18.8. The molecule has 2 amide bonds. The molecule has 2 aromatic rings. The third-order valence-corrected chi connectivity index (χ3v) is 6.67. The fourth-order valence-corrected chi connectivity index (χ4v) is 4.76. The summed E-state index contributed by atoms with van der Waals surface area (Å²) < 4.78 is 40.3. The van der Waals surface area contributed by atoms with Crippen LogP contribution >= 0.6 is 0 Å². The molecule has 0 spiro atoms. The molecule has 184 valence electrons. The molecule has 4 rings (SSSR count). The molecule has 2 fully saturated rings. The van der Waals surface area contributed by atoms with Gasteiger partial charge in [0.25, 0.3) is 5.91 Å². The van der Waals surface area contributed by atoms with Gasteiger partial charge in [0.2, 0.25) is 5.91 Å². The van der Waals surface area contributed by atoms with Crippen LogP contribution in [0.5, 0.6) is 0 Å². The highest BCUT2D eigenvalue weighted by Gasteiger charge is 2.42. The monoisotopic (exact) mass is 479 g/mol. The molecular weight excluding hydrogens is 451 g/mol. The smallest absolute Gasteiger partial charge is 0.382 e. The SMILES string of the molecule is Cn1ccnc1C1(O)CCC(N2CC(NC(=O)CNC(=O)c3cccc(C(F)(F)F)c3)C2)CC1. The normalized spacial score (nSPS) is 23.9. The highest BCUT2D eigenvalue weighted by molar-refractivity contribution is 5.96. The van der Waals surface area contributed by atoms with E-state index in [0.29, 0.717) is 37.8 Å². The Bertz CT molecular complexity index is 1040. The van der Waals surface area contributed by atoms with Gasteiger partial charge >= 0.3 is 6.18 Å². The number of halogens is 3. The van der Waals surface area contributed by atoms with E-state index in [2.05, 4.69) is 20.5 Å². The Labute approximate surface area is 195 Å². The van der Waals surface area contributed by atoms with E-state index in [1.54, 1.807) is 6.20 Å². The predicted octanol–water partition coefficient (Wildman–Crippen LogP) is 1.80. The summed E-state index contributed by atoms with van der Waals surface area (Å²) >= 11 is 0. The highest BCUT2D eigenvalue weighted by Crippen LogP contribution is 2.38. The third kappa shape index (κ3) is 5.25. The summed E-state index contributed by atoms with van der Waals surface area (Å²) in [5.41, 5.74) is -1.98. The Hall–Kier alpha value is -2.92. The van der Waals surface area contributed by atoms with E-state index in [0.717, 1.165) is 31.0 Å². The number of aliphatic hydroxyl groups is 1. The molecule has 1 saturated carbocycles. The van der Waals surface area contributed by atoms with Crippen molar-refractivity contribution in [2.24, 2.45) is 7.05 Å². The summed E-state index contributed by atoms with van der Waals surface area (Å²) in [6, 6.07) is 4.35. The fourth-order valence-electron chi connectivity index (χ4n) is 4.76. The van der Waals surface area contributed by atoms with Gasteiger partial charge in [0.05, 0.1) is 18.2 Å². The quantitative estimate of drug-likeness (QED) is 0.587. The first-order chi connectivity index (χ1) is 16.0. The number of alkyl halides is 3. The topological polar surface area (TPSA) is 99.5 Å². The number of carbonyl (C=O) groups excluding carboxylic acids is 2. The highest BCUT2D eigenvalue weighted by atomic mass is 19.4. The van der Waals surface area contributed by atoms with Crippen LogP contribution in [0.2, 0.25) is 0 Å². The van der Waals surface area contributed by atoms with Gasteiger partial charge in [-0.05, 0) is 43.9 Å². The van der Waals surface area contributed by atoms with Crippen molar-refractivity contribution in [2.45, 2.75) is 49.5 Å². The van der Waals surface area contributed by atoms with Gasteiger partial charge in [0.15, 0.2) is 0 Å². The number of hydrogen-bond donors (Lipinski definition) is 3. The zero-order valence-corrected chi connectivity index (χ0v) is 18.8. The van der Waals surface area contributed by atoms with E-state index in [1.807, 2.05) is 17.8 Å². The maximum Gasteiger partial charge on any atom is 0.416 e. The van der Waals surface area contributed by atoms with Gasteiger partial charge in [-0.3, -0.25) is 14.5 Å². The van der Waals surface area contributed by atoms with Crippen LogP contribution in [0.4, 0.5) is 13.2 Å². The molecule has 1 aliphatic heterocycles. The van der Waals surface area contributed by atoms with Gasteiger partial charge < -0.3 is 20.3 Å². The Morgan fingerprint density at radius 3 is 2.56 bits per heavy atom. The van der Waals surface area contributed by atoms with Crippen molar-refractivity contribution in [3.63, 3.8) is 0 Å². The van der Waals surface area contributed by atoms with Crippen molar-refractivity contribution in [1.29, 1.82) is 0 Å². The summed E-state index contributed by atoms with van der Waals surface area (Å²) in [5.74, 6) is -0.441. The summed E-state index contributed by atoms with van der Waals surface area (Å²) in [5, 5.41) is 16.2. The standard InChI is InChI=1S/C23H28F3N5O3/c1-30-10-9-27-21(30)22(34)7-5-18(6-8-22)31-13-17(14-31)29-19(32)12-28-20(33)15-3-2-4-16(11-15)23(24,25)26/h2-4,9-11,17-18,34H,5-8,12-14H2,1H3,(H,28,33)(H,29,32). The summed E-state index contributed by atoms with van der Waals surface area (Å²) in [6.45, 7) is 1.04. The largest absolute Gasteiger partial charge is 0.416 e. The maximum atomic E-state index is 12.8. The number of hydrogen-bond acceptors (Lipinski definition) is 5. The maximum absolute atomic E-state index is 12.8. The van der Waals surface area contributed by atoms with Crippen molar-refractivity contribution in [3.05, 3.63) is 53.6 Å². The van der Waals surface area contributed by atoms with Crippen LogP contribution in [0.3, 0.4) is 0 Å². The molecule has 0 unspecified atom stereocenters. The lowest BCUT2D eigenvalue weighted by molar-refractivity contribution is -0.137. The Morgan fingerprint density at radius 2 is 1.94 bits per heavy atom. The number of imidazole rings is 1. The number of aromatic nitrogens is 2. The molecule has 0 radical (unpaired) electrons. The molecule has 8 nitrogen and oxygen atoms in total. The zero-order chi connectivity index (χ0) is 24.5. The third-order valence-electron chi connectivity index (χ3n) is 6.67. The number of carbonyl (C=O) groups is 2. The molecule has 1 aromatic carbocycles. The molecule has 34 heavy (non-hydrogen) atoms. The van der Waals surface area contributed by atoms with Crippen LogP contribution < -0.4 is 10.6 Å². The Kier molecular flexibility index (Phi) is 6.68. The van der Waals surface area contributed by atoms with Gasteiger partial charge in [0.1, 0.15) is 11.4 Å². The number of aryl methyl sites for hydroxylation is 1. The lowest BCUT2D eigenvalue weighted by Gasteiger charge is -2.48. The summed E-state index contributed by atoms with van der Waals surface area (Å²) in [4.78, 5) is 30.9. The van der Waals surface area contributed by atoms with Crippen molar-refractivity contribution < 1.29 is 27.9 Å². The molecule has 1 aliphatic carbocycles. The van der Waals surface area contributed by atoms with Gasteiger partial charge in [-0.25, -0.2) is 4.98 Å². The molecule has 2 heterocycles. The minimum absolute atomic E-state index is 0.0479. The number of amides is 2. The number of nitrogens with zero attached hydrogens (tertiary/aromatic N) is 3. The van der Waals surface area contributed by atoms with Gasteiger partial charge in [-0.1, -0.05) is 6.07 Å². The lowest BCUT2D eigenvalue weighted by atomic mass is 9.80. The summed E-state index contributed by atoms with van der Waals surface area (Å²) in [7, 11) is 1.87. The second kappa shape index (κ2) is 9.38. The van der Waals surface area contributed by atoms with E-state index in [1.165, 1.54) is 6.07 Å². The number of likely N-dealkylation sites (tertiary alicyclic amines) is 1. The molecule has 1 saturated heterocycles. The van der Waals surface area contributed by atoms with Gasteiger partial charge in [-0.2, -0.15) is 13.2 Å². The lowest BCUT2D eigenvalue weighted by Crippen LogP contribution is -2.63.